The van der Waals surface area contributed by atoms with Crippen molar-refractivity contribution in [1.82, 2.24) is 4.57 Å². The summed E-state index contributed by atoms with van der Waals surface area (Å²) in [4.78, 5) is 0. The molecular formula is C52H34N2O. The highest BCUT2D eigenvalue weighted by Crippen LogP contribution is 2.43. The lowest BCUT2D eigenvalue weighted by Gasteiger charge is -2.10. The van der Waals surface area contributed by atoms with Gasteiger partial charge < -0.3 is 14.3 Å². The number of hydrogen-bond acceptors (Lipinski definition) is 2. The molecule has 3 heteroatoms. The van der Waals surface area contributed by atoms with E-state index in [0.29, 0.717) is 0 Å². The Morgan fingerprint density at radius 2 is 0.982 bits per heavy atom. The normalized spacial score (nSPS) is 11.6. The Morgan fingerprint density at radius 3 is 1.76 bits per heavy atom. The van der Waals surface area contributed by atoms with E-state index in [1.165, 1.54) is 60.5 Å². The predicted octanol–water partition coefficient (Wildman–Crippen LogP) is 14.6. The van der Waals surface area contributed by atoms with Gasteiger partial charge in [0.25, 0.3) is 0 Å². The Morgan fingerprint density at radius 1 is 0.382 bits per heavy atom. The van der Waals surface area contributed by atoms with Gasteiger partial charge in [0.1, 0.15) is 5.58 Å². The van der Waals surface area contributed by atoms with Crippen molar-refractivity contribution in [1.29, 1.82) is 0 Å². The summed E-state index contributed by atoms with van der Waals surface area (Å²) in [6, 6.07) is 71.4. The van der Waals surface area contributed by atoms with Gasteiger partial charge in [-0.25, -0.2) is 0 Å². The zero-order valence-electron chi connectivity index (χ0n) is 29.9. The van der Waals surface area contributed by atoms with Crippen molar-refractivity contribution in [2.45, 2.75) is 0 Å². The lowest BCUT2D eigenvalue weighted by Crippen LogP contribution is -1.92. The van der Waals surface area contributed by atoms with Crippen LogP contribution in [-0.4, -0.2) is 4.57 Å². The van der Waals surface area contributed by atoms with Crippen LogP contribution in [0.5, 0.6) is 0 Å². The van der Waals surface area contributed by atoms with E-state index in [4.69, 9.17) is 4.42 Å². The number of nitrogens with one attached hydrogen (secondary N) is 1. The van der Waals surface area contributed by atoms with Crippen LogP contribution in [0.1, 0.15) is 0 Å². The van der Waals surface area contributed by atoms with E-state index in [-0.39, 0.29) is 0 Å². The second kappa shape index (κ2) is 12.6. The van der Waals surface area contributed by atoms with Crippen LogP contribution in [0, 0.1) is 0 Å². The number of furan rings is 1. The van der Waals surface area contributed by atoms with Gasteiger partial charge in [0.15, 0.2) is 5.58 Å². The quantitative estimate of drug-likeness (QED) is 0.187. The van der Waals surface area contributed by atoms with Crippen molar-refractivity contribution in [3.8, 4) is 39.1 Å². The van der Waals surface area contributed by atoms with Crippen molar-refractivity contribution in [3.63, 3.8) is 0 Å². The van der Waals surface area contributed by atoms with Crippen molar-refractivity contribution >= 4 is 65.9 Å². The minimum Gasteiger partial charge on any atom is -0.453 e. The SMILES string of the molecule is c1ccc(-c2cc3ccccc3c3c2oc2c(Nc4ccc(-c5ccc(-c6ccc7c(c6)c6ccccc6n7-c6ccccc6)cc5)cc4)cccc23)cc1. The summed E-state index contributed by atoms with van der Waals surface area (Å²) >= 11 is 0. The third-order valence-corrected chi connectivity index (χ3v) is 11.0. The van der Waals surface area contributed by atoms with Gasteiger partial charge in [0.2, 0.25) is 0 Å². The van der Waals surface area contributed by atoms with Crippen LogP contribution in [-0.2, 0) is 0 Å². The number of para-hydroxylation sites is 3. The fourth-order valence-electron chi connectivity index (χ4n) is 8.34. The summed E-state index contributed by atoms with van der Waals surface area (Å²) in [7, 11) is 0. The Bertz CT molecular complexity index is 3190. The summed E-state index contributed by atoms with van der Waals surface area (Å²) in [5.41, 5.74) is 14.3. The first-order valence-corrected chi connectivity index (χ1v) is 18.8. The minimum absolute atomic E-state index is 0.855. The molecule has 0 aliphatic rings. The van der Waals surface area contributed by atoms with Gasteiger partial charge in [-0.2, -0.15) is 0 Å². The number of nitrogens with zero attached hydrogens (tertiary/aromatic N) is 1. The van der Waals surface area contributed by atoms with Crippen molar-refractivity contribution < 1.29 is 4.42 Å². The lowest BCUT2D eigenvalue weighted by molar-refractivity contribution is 0.671. The number of fused-ring (bicyclic) bond motifs is 8. The summed E-state index contributed by atoms with van der Waals surface area (Å²) in [6.07, 6.45) is 0. The third kappa shape index (κ3) is 5.20. The summed E-state index contributed by atoms with van der Waals surface area (Å²) < 4.78 is 9.15. The minimum atomic E-state index is 0.855. The summed E-state index contributed by atoms with van der Waals surface area (Å²) in [5.74, 6) is 0. The van der Waals surface area contributed by atoms with E-state index in [1.807, 2.05) is 0 Å². The molecule has 9 aromatic carbocycles. The molecular weight excluding hydrogens is 669 g/mol. The topological polar surface area (TPSA) is 30.1 Å². The van der Waals surface area contributed by atoms with Crippen molar-refractivity contribution in [2.75, 3.05) is 5.32 Å². The molecule has 0 aliphatic heterocycles. The van der Waals surface area contributed by atoms with Gasteiger partial charge in [-0.3, -0.25) is 0 Å². The van der Waals surface area contributed by atoms with Gasteiger partial charge >= 0.3 is 0 Å². The van der Waals surface area contributed by atoms with Crippen LogP contribution in [0.4, 0.5) is 11.4 Å². The van der Waals surface area contributed by atoms with Gasteiger partial charge in [-0.15, -0.1) is 0 Å². The maximum Gasteiger partial charge on any atom is 0.158 e. The van der Waals surface area contributed by atoms with Gasteiger partial charge in [0, 0.05) is 38.5 Å². The Hall–Kier alpha value is -7.36. The van der Waals surface area contributed by atoms with Crippen LogP contribution in [0.25, 0.3) is 93.6 Å². The number of rotatable bonds is 6. The number of hydrogen-bond donors (Lipinski definition) is 1. The zero-order chi connectivity index (χ0) is 36.3. The van der Waals surface area contributed by atoms with Crippen molar-refractivity contribution in [3.05, 3.63) is 200 Å². The fraction of sp³-hybridized carbons (Fsp3) is 0. The van der Waals surface area contributed by atoms with E-state index in [0.717, 1.165) is 44.4 Å². The Balaban J connectivity index is 0.901. The Labute approximate surface area is 318 Å². The molecule has 1 N–H and O–H groups in total. The van der Waals surface area contributed by atoms with Crippen LogP contribution in [0.15, 0.2) is 205 Å². The highest BCUT2D eigenvalue weighted by molar-refractivity contribution is 6.24. The molecule has 11 aromatic rings. The van der Waals surface area contributed by atoms with E-state index in [2.05, 4.69) is 210 Å². The molecule has 2 heterocycles. The molecule has 0 saturated heterocycles. The highest BCUT2D eigenvalue weighted by atomic mass is 16.3. The molecule has 0 radical (unpaired) electrons. The zero-order valence-corrected chi connectivity index (χ0v) is 29.9. The first-order chi connectivity index (χ1) is 27.3. The molecule has 3 nitrogen and oxygen atoms in total. The first-order valence-electron chi connectivity index (χ1n) is 18.8. The molecule has 0 bridgehead atoms. The van der Waals surface area contributed by atoms with Gasteiger partial charge in [0.05, 0.1) is 16.7 Å². The average molecular weight is 703 g/mol. The van der Waals surface area contributed by atoms with Crippen LogP contribution >= 0.6 is 0 Å². The molecule has 0 aliphatic carbocycles. The maximum absolute atomic E-state index is 6.79. The molecule has 0 unspecified atom stereocenters. The van der Waals surface area contributed by atoms with Crippen LogP contribution in [0.3, 0.4) is 0 Å². The van der Waals surface area contributed by atoms with Gasteiger partial charge in [-0.1, -0.05) is 146 Å². The van der Waals surface area contributed by atoms with Gasteiger partial charge in [-0.05, 0) is 93.2 Å². The maximum atomic E-state index is 6.79. The molecule has 0 spiro atoms. The Kier molecular flexibility index (Phi) is 7.17. The predicted molar refractivity (Wildman–Crippen MR) is 232 cm³/mol. The standard InChI is InChI=1S/C52H34N2O/c1-3-12-37(13-4-1)45-33-39-14-7-8-17-42(39)50-44-19-11-20-47(51(44)55-52(45)50)53-40-29-26-35(27-30-40)34-22-24-36(25-23-34)38-28-31-49-46(32-38)43-18-9-10-21-48(43)54(49)41-15-5-2-6-16-41/h1-33,53H. The van der Waals surface area contributed by atoms with E-state index in [9.17, 15) is 0 Å². The molecule has 2 aromatic heterocycles. The first kappa shape index (κ1) is 31.2. The summed E-state index contributed by atoms with van der Waals surface area (Å²) in [5, 5.41) is 10.8. The molecule has 55 heavy (non-hydrogen) atoms. The molecule has 0 atom stereocenters. The molecule has 258 valence electrons. The highest BCUT2D eigenvalue weighted by Gasteiger charge is 2.18. The van der Waals surface area contributed by atoms with E-state index < -0.39 is 0 Å². The number of benzene rings is 9. The largest absolute Gasteiger partial charge is 0.453 e. The molecule has 11 rings (SSSR count). The summed E-state index contributed by atoms with van der Waals surface area (Å²) in [6.45, 7) is 0. The molecule has 0 amide bonds. The van der Waals surface area contributed by atoms with E-state index >= 15 is 0 Å². The van der Waals surface area contributed by atoms with Crippen LogP contribution in [0.2, 0.25) is 0 Å². The second-order valence-electron chi connectivity index (χ2n) is 14.2. The smallest absolute Gasteiger partial charge is 0.158 e. The third-order valence-electron chi connectivity index (χ3n) is 11.0. The fourth-order valence-corrected chi connectivity index (χ4v) is 8.34. The van der Waals surface area contributed by atoms with Crippen molar-refractivity contribution in [2.24, 2.45) is 0 Å². The number of anilines is 2. The molecule has 0 fully saturated rings. The second-order valence-corrected chi connectivity index (χ2v) is 14.2. The van der Waals surface area contributed by atoms with E-state index in [1.54, 1.807) is 0 Å². The van der Waals surface area contributed by atoms with Crippen LogP contribution < -0.4 is 5.32 Å². The monoisotopic (exact) mass is 702 g/mol. The number of aromatic nitrogens is 1. The molecule has 0 saturated carbocycles. The average Bonchev–Trinajstić information content (AvgIpc) is 3.81. The lowest BCUT2D eigenvalue weighted by atomic mass is 9.96.